The first-order chi connectivity index (χ1) is 8.90. The average molecular weight is 246 g/mol. The Bertz CT molecular complexity index is 380. The molecule has 2 rings (SSSR count). The first-order valence-electron chi connectivity index (χ1n) is 6.90. The van der Waals surface area contributed by atoms with Crippen LogP contribution in [0.4, 0.5) is 0 Å². The maximum atomic E-state index is 5.76. The first-order valence-corrected chi connectivity index (χ1v) is 6.90. The summed E-state index contributed by atoms with van der Waals surface area (Å²) in [6, 6.07) is 8.18. The molecule has 1 aliphatic rings. The second-order valence-corrected chi connectivity index (χ2v) is 4.70. The lowest BCUT2D eigenvalue weighted by Crippen LogP contribution is -2.04. The highest BCUT2D eigenvalue weighted by molar-refractivity contribution is 5.57. The zero-order valence-corrected chi connectivity index (χ0v) is 11.1. The smallest absolute Gasteiger partial charge is 0.126 e. The summed E-state index contributed by atoms with van der Waals surface area (Å²) < 4.78 is 10.9. The molecule has 1 aliphatic heterocycles. The fraction of sp³-hybridized carbons (Fsp3) is 0.500. The number of para-hydroxylation sites is 1. The quantitative estimate of drug-likeness (QED) is 0.509. The number of ether oxygens (including phenoxy) is 2. The first kappa shape index (κ1) is 13.2. The van der Waals surface area contributed by atoms with Crippen molar-refractivity contribution in [2.45, 2.75) is 38.7 Å². The fourth-order valence-corrected chi connectivity index (χ4v) is 1.82. The van der Waals surface area contributed by atoms with Crippen LogP contribution in [0.25, 0.3) is 6.08 Å². The van der Waals surface area contributed by atoms with Gasteiger partial charge in [0.05, 0.1) is 6.61 Å². The normalized spacial score (nSPS) is 18.2. The van der Waals surface area contributed by atoms with Crippen molar-refractivity contribution < 1.29 is 9.47 Å². The van der Waals surface area contributed by atoms with E-state index in [9.17, 15) is 0 Å². The van der Waals surface area contributed by atoms with E-state index in [0.717, 1.165) is 24.3 Å². The van der Waals surface area contributed by atoms with Crippen LogP contribution in [0.3, 0.4) is 0 Å². The standard InChI is InChI=1S/C16H22O2/c1-2-3-4-5-6-9-14-10-7-8-11-16(14)18-13-15-12-17-15/h6-11,15H,2-5,12-13H2,1H3/b9-6+. The Hall–Kier alpha value is -1.28. The molecule has 1 unspecified atom stereocenters. The van der Waals surface area contributed by atoms with E-state index in [4.69, 9.17) is 9.47 Å². The van der Waals surface area contributed by atoms with E-state index in [1.165, 1.54) is 19.3 Å². The van der Waals surface area contributed by atoms with Gasteiger partial charge < -0.3 is 9.47 Å². The molecule has 2 nitrogen and oxygen atoms in total. The second kappa shape index (κ2) is 7.22. The third kappa shape index (κ3) is 4.53. The summed E-state index contributed by atoms with van der Waals surface area (Å²) in [4.78, 5) is 0. The molecular weight excluding hydrogens is 224 g/mol. The molecule has 0 aliphatic carbocycles. The Morgan fingerprint density at radius 1 is 1.33 bits per heavy atom. The predicted octanol–water partition coefficient (Wildman–Crippen LogP) is 4.06. The van der Waals surface area contributed by atoms with Crippen molar-refractivity contribution in [1.82, 2.24) is 0 Å². The van der Waals surface area contributed by atoms with Crippen molar-refractivity contribution >= 4 is 6.08 Å². The highest BCUT2D eigenvalue weighted by atomic mass is 16.6. The number of hydrogen-bond donors (Lipinski definition) is 0. The third-order valence-electron chi connectivity index (χ3n) is 3.02. The summed E-state index contributed by atoms with van der Waals surface area (Å²) in [5.74, 6) is 0.958. The molecule has 0 saturated carbocycles. The molecule has 0 bridgehead atoms. The number of allylic oxidation sites excluding steroid dienone is 1. The van der Waals surface area contributed by atoms with Crippen molar-refractivity contribution in [3.63, 3.8) is 0 Å². The highest BCUT2D eigenvalue weighted by Crippen LogP contribution is 2.21. The summed E-state index contributed by atoms with van der Waals surface area (Å²) in [5.41, 5.74) is 1.16. The van der Waals surface area contributed by atoms with Crippen LogP contribution < -0.4 is 4.74 Å². The van der Waals surface area contributed by atoms with Gasteiger partial charge in [-0.15, -0.1) is 0 Å². The minimum Gasteiger partial charge on any atom is -0.490 e. The van der Waals surface area contributed by atoms with Crippen molar-refractivity contribution in [2.75, 3.05) is 13.2 Å². The van der Waals surface area contributed by atoms with Crippen LogP contribution in [0.15, 0.2) is 30.3 Å². The highest BCUT2D eigenvalue weighted by Gasteiger charge is 2.23. The van der Waals surface area contributed by atoms with E-state index < -0.39 is 0 Å². The van der Waals surface area contributed by atoms with Crippen LogP contribution in [0.1, 0.15) is 38.2 Å². The van der Waals surface area contributed by atoms with Crippen LogP contribution in [0.2, 0.25) is 0 Å². The molecule has 0 amide bonds. The van der Waals surface area contributed by atoms with Gasteiger partial charge in [0, 0.05) is 5.56 Å². The van der Waals surface area contributed by atoms with E-state index in [1.807, 2.05) is 18.2 Å². The van der Waals surface area contributed by atoms with Crippen LogP contribution >= 0.6 is 0 Å². The van der Waals surface area contributed by atoms with Gasteiger partial charge in [0.2, 0.25) is 0 Å². The Balaban J connectivity index is 1.84. The fourth-order valence-electron chi connectivity index (χ4n) is 1.82. The van der Waals surface area contributed by atoms with Crippen LogP contribution in [0, 0.1) is 0 Å². The van der Waals surface area contributed by atoms with E-state index in [-0.39, 0.29) is 0 Å². The predicted molar refractivity (Wildman–Crippen MR) is 74.9 cm³/mol. The molecule has 1 heterocycles. The van der Waals surface area contributed by atoms with E-state index >= 15 is 0 Å². The number of hydrogen-bond acceptors (Lipinski definition) is 2. The zero-order valence-electron chi connectivity index (χ0n) is 11.1. The number of epoxide rings is 1. The minimum absolute atomic E-state index is 0.312. The van der Waals surface area contributed by atoms with Crippen molar-refractivity contribution in [2.24, 2.45) is 0 Å². The number of rotatable bonds is 8. The maximum Gasteiger partial charge on any atom is 0.126 e. The van der Waals surface area contributed by atoms with Gasteiger partial charge in [-0.25, -0.2) is 0 Å². The van der Waals surface area contributed by atoms with Crippen molar-refractivity contribution in [3.05, 3.63) is 35.9 Å². The van der Waals surface area contributed by atoms with Crippen molar-refractivity contribution in [1.29, 1.82) is 0 Å². The Labute approximate surface area is 110 Å². The molecule has 0 N–H and O–H groups in total. The molecule has 2 heteroatoms. The van der Waals surface area contributed by atoms with Gasteiger partial charge in [-0.3, -0.25) is 0 Å². The molecule has 1 saturated heterocycles. The van der Waals surface area contributed by atoms with Gasteiger partial charge in [-0.2, -0.15) is 0 Å². The van der Waals surface area contributed by atoms with Crippen LogP contribution in [0.5, 0.6) is 5.75 Å². The summed E-state index contributed by atoms with van der Waals surface area (Å²) >= 11 is 0. The Morgan fingerprint density at radius 2 is 2.17 bits per heavy atom. The third-order valence-corrected chi connectivity index (χ3v) is 3.02. The summed E-state index contributed by atoms with van der Waals surface area (Å²) in [6.45, 7) is 3.74. The van der Waals surface area contributed by atoms with Gasteiger partial charge in [-0.1, -0.05) is 50.1 Å². The maximum absolute atomic E-state index is 5.76. The molecule has 0 aromatic heterocycles. The lowest BCUT2D eigenvalue weighted by molar-refractivity contribution is 0.262. The molecule has 0 spiro atoms. The molecule has 1 atom stereocenters. The van der Waals surface area contributed by atoms with E-state index in [2.05, 4.69) is 25.1 Å². The van der Waals surface area contributed by atoms with Gasteiger partial charge in [0.15, 0.2) is 0 Å². The van der Waals surface area contributed by atoms with Gasteiger partial charge in [0.1, 0.15) is 18.5 Å². The molecule has 18 heavy (non-hydrogen) atoms. The van der Waals surface area contributed by atoms with Crippen LogP contribution in [-0.4, -0.2) is 19.3 Å². The number of unbranched alkanes of at least 4 members (excludes halogenated alkanes) is 3. The zero-order chi connectivity index (χ0) is 12.6. The molecule has 0 radical (unpaired) electrons. The summed E-state index contributed by atoms with van der Waals surface area (Å²) in [6.07, 6.45) is 9.71. The van der Waals surface area contributed by atoms with Gasteiger partial charge >= 0.3 is 0 Å². The lowest BCUT2D eigenvalue weighted by Gasteiger charge is -2.07. The molecule has 98 valence electrons. The SMILES string of the molecule is CCCCC/C=C/c1ccccc1OCC1CO1. The van der Waals surface area contributed by atoms with E-state index in [0.29, 0.717) is 12.7 Å². The Kier molecular flexibility index (Phi) is 5.28. The average Bonchev–Trinajstić information content (AvgIpc) is 3.21. The molecule has 1 fully saturated rings. The van der Waals surface area contributed by atoms with E-state index in [1.54, 1.807) is 0 Å². The molecular formula is C16H22O2. The minimum atomic E-state index is 0.312. The molecule has 1 aromatic rings. The summed E-state index contributed by atoms with van der Waals surface area (Å²) in [5, 5.41) is 0. The lowest BCUT2D eigenvalue weighted by atomic mass is 10.1. The second-order valence-electron chi connectivity index (χ2n) is 4.70. The summed E-state index contributed by atoms with van der Waals surface area (Å²) in [7, 11) is 0. The van der Waals surface area contributed by atoms with Gasteiger partial charge in [0.25, 0.3) is 0 Å². The Morgan fingerprint density at radius 3 is 2.94 bits per heavy atom. The van der Waals surface area contributed by atoms with Crippen LogP contribution in [-0.2, 0) is 4.74 Å². The topological polar surface area (TPSA) is 21.8 Å². The largest absolute Gasteiger partial charge is 0.490 e. The van der Waals surface area contributed by atoms with Crippen molar-refractivity contribution in [3.8, 4) is 5.75 Å². The molecule has 1 aromatic carbocycles. The number of benzene rings is 1. The monoisotopic (exact) mass is 246 g/mol. The van der Waals surface area contributed by atoms with Gasteiger partial charge in [-0.05, 0) is 18.9 Å².